The molecule has 17 heavy (non-hydrogen) atoms. The van der Waals surface area contributed by atoms with E-state index in [1.807, 2.05) is 0 Å². The minimum absolute atomic E-state index is 0.850. The Labute approximate surface area is 111 Å². The maximum atomic E-state index is 6.16. The van der Waals surface area contributed by atoms with Crippen LogP contribution in [-0.4, -0.2) is 44.0 Å². The minimum atomic E-state index is 0.850. The second-order valence-electron chi connectivity index (χ2n) is 4.58. The van der Waals surface area contributed by atoms with E-state index in [1.54, 1.807) is 16.2 Å². The second kappa shape index (κ2) is 4.59. The predicted molar refractivity (Wildman–Crippen MR) is 75.2 cm³/mol. The molecule has 1 fully saturated rings. The highest BCUT2D eigenvalue weighted by Crippen LogP contribution is 2.41. The van der Waals surface area contributed by atoms with Gasteiger partial charge in [-0.05, 0) is 25.2 Å². The first-order valence-corrected chi connectivity index (χ1v) is 7.20. The van der Waals surface area contributed by atoms with Crippen LogP contribution in [0.4, 0.5) is 11.4 Å². The van der Waals surface area contributed by atoms with Crippen LogP contribution in [0.5, 0.6) is 0 Å². The number of fused-ring (bicyclic) bond motifs is 1. The Morgan fingerprint density at radius 3 is 2.71 bits per heavy atom. The molecular weight excluding hydrogens is 254 g/mol. The Morgan fingerprint density at radius 1 is 1.18 bits per heavy atom. The Hall–Kier alpha value is -0.580. The Bertz CT molecular complexity index is 418. The lowest BCUT2D eigenvalue weighted by molar-refractivity contribution is 0.313. The highest BCUT2D eigenvalue weighted by molar-refractivity contribution is 8.00. The largest absolute Gasteiger partial charge is 0.369 e. The Morgan fingerprint density at radius 2 is 1.94 bits per heavy atom. The van der Waals surface area contributed by atoms with Gasteiger partial charge < -0.3 is 9.80 Å². The molecule has 0 amide bonds. The molecule has 92 valence electrons. The number of likely N-dealkylation sites (N-methyl/N-ethyl adjacent to an activating group) is 1. The minimum Gasteiger partial charge on any atom is -0.369 e. The van der Waals surface area contributed by atoms with Crippen molar-refractivity contribution in [2.75, 3.05) is 48.4 Å². The molecule has 0 aromatic heterocycles. The molecule has 3 nitrogen and oxygen atoms in total. The van der Waals surface area contributed by atoms with E-state index in [0.717, 1.165) is 37.7 Å². The molecule has 0 bridgehead atoms. The lowest BCUT2D eigenvalue weighted by Gasteiger charge is -2.34. The van der Waals surface area contributed by atoms with Crippen molar-refractivity contribution < 1.29 is 0 Å². The van der Waals surface area contributed by atoms with E-state index in [1.165, 1.54) is 10.6 Å². The van der Waals surface area contributed by atoms with Crippen LogP contribution in [0.1, 0.15) is 0 Å². The molecule has 0 saturated carbocycles. The van der Waals surface area contributed by atoms with E-state index in [0.29, 0.717) is 0 Å². The average molecular weight is 270 g/mol. The van der Waals surface area contributed by atoms with Crippen molar-refractivity contribution in [3.63, 3.8) is 0 Å². The standard InChI is InChI=1S/C12H16ClN3S/c1-14-4-6-15(7-5-14)10-2-3-12-11(8-10)16(13)9-17-12/h2-3,8H,4-7,9H2,1H3. The van der Waals surface area contributed by atoms with Gasteiger partial charge in [-0.1, -0.05) is 0 Å². The first-order valence-electron chi connectivity index (χ1n) is 5.88. The number of hydrogen-bond acceptors (Lipinski definition) is 4. The molecule has 0 aliphatic carbocycles. The maximum Gasteiger partial charge on any atom is 0.0851 e. The molecule has 5 heteroatoms. The summed E-state index contributed by atoms with van der Waals surface area (Å²) in [6.45, 7) is 4.47. The van der Waals surface area contributed by atoms with Crippen molar-refractivity contribution in [3.8, 4) is 0 Å². The fraction of sp³-hybridized carbons (Fsp3) is 0.500. The van der Waals surface area contributed by atoms with Gasteiger partial charge >= 0.3 is 0 Å². The zero-order valence-electron chi connectivity index (χ0n) is 9.90. The fourth-order valence-electron chi connectivity index (χ4n) is 2.27. The summed E-state index contributed by atoms with van der Waals surface area (Å²) >= 11 is 7.96. The van der Waals surface area contributed by atoms with E-state index in [-0.39, 0.29) is 0 Å². The van der Waals surface area contributed by atoms with Crippen molar-refractivity contribution in [3.05, 3.63) is 18.2 Å². The summed E-state index contributed by atoms with van der Waals surface area (Å²) < 4.78 is 1.81. The highest BCUT2D eigenvalue weighted by atomic mass is 35.5. The van der Waals surface area contributed by atoms with Crippen LogP contribution in [0.2, 0.25) is 0 Å². The van der Waals surface area contributed by atoms with Crippen LogP contribution in [0.15, 0.2) is 23.1 Å². The number of anilines is 2. The zero-order chi connectivity index (χ0) is 11.8. The topological polar surface area (TPSA) is 9.72 Å². The maximum absolute atomic E-state index is 6.16. The van der Waals surface area contributed by atoms with Crippen molar-refractivity contribution in [1.82, 2.24) is 4.90 Å². The number of hydrogen-bond donors (Lipinski definition) is 0. The highest BCUT2D eigenvalue weighted by Gasteiger charge is 2.21. The van der Waals surface area contributed by atoms with Crippen LogP contribution < -0.4 is 9.32 Å². The Kier molecular flexibility index (Phi) is 3.11. The first-order chi connectivity index (χ1) is 8.24. The fourth-order valence-corrected chi connectivity index (χ4v) is 3.48. The van der Waals surface area contributed by atoms with E-state index in [4.69, 9.17) is 11.8 Å². The van der Waals surface area contributed by atoms with Gasteiger partial charge in [0.05, 0.1) is 11.6 Å². The monoisotopic (exact) mass is 269 g/mol. The number of benzene rings is 1. The number of nitrogens with zero attached hydrogens (tertiary/aromatic N) is 3. The smallest absolute Gasteiger partial charge is 0.0851 e. The third kappa shape index (κ3) is 2.21. The van der Waals surface area contributed by atoms with Gasteiger partial charge in [-0.15, -0.1) is 11.8 Å². The van der Waals surface area contributed by atoms with Gasteiger partial charge in [0.15, 0.2) is 0 Å². The van der Waals surface area contributed by atoms with Crippen molar-refractivity contribution in [1.29, 1.82) is 0 Å². The molecule has 0 unspecified atom stereocenters. The van der Waals surface area contributed by atoms with Crippen LogP contribution in [0.3, 0.4) is 0 Å². The summed E-state index contributed by atoms with van der Waals surface area (Å²) in [6.07, 6.45) is 0. The molecule has 2 aliphatic heterocycles. The molecule has 2 heterocycles. The van der Waals surface area contributed by atoms with Gasteiger partial charge in [0, 0.05) is 48.5 Å². The molecule has 1 aromatic rings. The summed E-state index contributed by atoms with van der Waals surface area (Å²) in [4.78, 5) is 6.10. The molecule has 1 saturated heterocycles. The first kappa shape index (κ1) is 11.5. The van der Waals surface area contributed by atoms with Crippen molar-refractivity contribution in [2.45, 2.75) is 4.90 Å². The van der Waals surface area contributed by atoms with Gasteiger partial charge in [0.1, 0.15) is 0 Å². The Balaban J connectivity index is 1.82. The third-order valence-corrected chi connectivity index (χ3v) is 4.89. The SMILES string of the molecule is CN1CCN(c2ccc3c(c2)N(Cl)CS3)CC1. The van der Waals surface area contributed by atoms with Crippen LogP contribution in [0.25, 0.3) is 0 Å². The molecule has 0 radical (unpaired) electrons. The van der Waals surface area contributed by atoms with Gasteiger partial charge in [-0.25, -0.2) is 0 Å². The molecular formula is C12H16ClN3S. The summed E-state index contributed by atoms with van der Waals surface area (Å²) in [5.74, 6) is 0.850. The number of halogens is 1. The molecule has 0 N–H and O–H groups in total. The van der Waals surface area contributed by atoms with E-state index >= 15 is 0 Å². The van der Waals surface area contributed by atoms with Crippen molar-refractivity contribution in [2.24, 2.45) is 0 Å². The van der Waals surface area contributed by atoms with Crippen molar-refractivity contribution >= 4 is 34.9 Å². The third-order valence-electron chi connectivity index (χ3n) is 3.41. The summed E-state index contributed by atoms with van der Waals surface area (Å²) in [6, 6.07) is 6.62. The molecule has 3 rings (SSSR count). The summed E-state index contributed by atoms with van der Waals surface area (Å²) in [7, 11) is 2.18. The molecule has 0 atom stereocenters. The average Bonchev–Trinajstić information content (AvgIpc) is 2.72. The van der Waals surface area contributed by atoms with E-state index in [2.05, 4.69) is 35.0 Å². The second-order valence-corrected chi connectivity index (χ2v) is 5.97. The van der Waals surface area contributed by atoms with Gasteiger partial charge in [-0.2, -0.15) is 0 Å². The van der Waals surface area contributed by atoms with Gasteiger partial charge in [-0.3, -0.25) is 4.42 Å². The number of thioether (sulfide) groups is 1. The van der Waals surface area contributed by atoms with Gasteiger partial charge in [0.25, 0.3) is 0 Å². The van der Waals surface area contributed by atoms with Crippen LogP contribution in [0, 0.1) is 0 Å². The lowest BCUT2D eigenvalue weighted by Crippen LogP contribution is -2.44. The van der Waals surface area contributed by atoms with Gasteiger partial charge in [0.2, 0.25) is 0 Å². The summed E-state index contributed by atoms with van der Waals surface area (Å²) in [5, 5.41) is 0. The van der Waals surface area contributed by atoms with Crippen LogP contribution >= 0.6 is 23.5 Å². The summed E-state index contributed by atoms with van der Waals surface area (Å²) in [5.41, 5.74) is 2.46. The number of piperazine rings is 1. The molecule has 2 aliphatic rings. The van der Waals surface area contributed by atoms with E-state index < -0.39 is 0 Å². The molecule has 1 aromatic carbocycles. The zero-order valence-corrected chi connectivity index (χ0v) is 11.5. The molecule has 0 spiro atoms. The van der Waals surface area contributed by atoms with E-state index in [9.17, 15) is 0 Å². The normalized spacial score (nSPS) is 20.8. The number of rotatable bonds is 1. The quantitative estimate of drug-likeness (QED) is 0.725. The van der Waals surface area contributed by atoms with Crippen LogP contribution in [-0.2, 0) is 0 Å². The predicted octanol–water partition coefficient (Wildman–Crippen LogP) is 2.46. The lowest BCUT2D eigenvalue weighted by atomic mass is 10.2.